The van der Waals surface area contributed by atoms with Gasteiger partial charge in [-0.15, -0.1) is 0 Å². The average Bonchev–Trinajstić information content (AvgIpc) is 2.92. The zero-order valence-corrected chi connectivity index (χ0v) is 10.2. The summed E-state index contributed by atoms with van der Waals surface area (Å²) in [7, 11) is 0. The fraction of sp³-hybridized carbons (Fsp3) is 0.286. The number of likely N-dealkylation sites (tertiary alicyclic amines) is 1. The first-order valence-corrected chi connectivity index (χ1v) is 6.03. The minimum atomic E-state index is -0.256. The van der Waals surface area contributed by atoms with E-state index in [1.54, 1.807) is 24.3 Å². The molecule has 0 bridgehead atoms. The highest BCUT2D eigenvalue weighted by Gasteiger charge is 2.19. The first-order valence-electron chi connectivity index (χ1n) is 6.03. The number of carbonyl (C=O) groups excluding carboxylic acids is 2. The van der Waals surface area contributed by atoms with Crippen LogP contribution in [0.25, 0.3) is 0 Å². The van der Waals surface area contributed by atoms with Crippen molar-refractivity contribution in [1.82, 2.24) is 4.90 Å². The van der Waals surface area contributed by atoms with Gasteiger partial charge in [0, 0.05) is 24.3 Å². The van der Waals surface area contributed by atoms with Crippen molar-refractivity contribution in [3.8, 4) is 0 Å². The summed E-state index contributed by atoms with van der Waals surface area (Å²) in [5, 5.41) is 2.65. The summed E-state index contributed by atoms with van der Waals surface area (Å²) in [6, 6.07) is 6.92. The molecule has 0 saturated carbocycles. The van der Waals surface area contributed by atoms with Gasteiger partial charge in [-0.3, -0.25) is 9.59 Å². The topological polar surface area (TPSA) is 49.4 Å². The predicted octanol–water partition coefficient (Wildman–Crippen LogP) is 2.05. The van der Waals surface area contributed by atoms with Crippen LogP contribution < -0.4 is 5.32 Å². The number of nitrogens with zero attached hydrogens (tertiary/aromatic N) is 1. The number of benzene rings is 1. The van der Waals surface area contributed by atoms with Gasteiger partial charge in [-0.2, -0.15) is 0 Å². The molecule has 1 heterocycles. The third-order valence-corrected chi connectivity index (χ3v) is 2.98. The first-order chi connectivity index (χ1) is 8.70. The van der Waals surface area contributed by atoms with Gasteiger partial charge in [-0.1, -0.05) is 6.58 Å². The van der Waals surface area contributed by atoms with E-state index in [0.717, 1.165) is 25.9 Å². The highest BCUT2D eigenvalue weighted by atomic mass is 16.2. The molecule has 18 heavy (non-hydrogen) atoms. The Kier molecular flexibility index (Phi) is 3.77. The second-order valence-electron chi connectivity index (χ2n) is 4.27. The van der Waals surface area contributed by atoms with Gasteiger partial charge in [0.25, 0.3) is 5.91 Å². The summed E-state index contributed by atoms with van der Waals surface area (Å²) in [6.45, 7) is 5.06. The van der Waals surface area contributed by atoms with E-state index in [-0.39, 0.29) is 11.8 Å². The molecule has 1 aromatic carbocycles. The number of hydrogen-bond donors (Lipinski definition) is 1. The van der Waals surface area contributed by atoms with E-state index in [4.69, 9.17) is 0 Å². The molecule has 0 atom stereocenters. The van der Waals surface area contributed by atoms with Gasteiger partial charge >= 0.3 is 0 Å². The highest BCUT2D eigenvalue weighted by molar-refractivity contribution is 5.99. The highest BCUT2D eigenvalue weighted by Crippen LogP contribution is 2.15. The van der Waals surface area contributed by atoms with Crippen LogP contribution in [-0.2, 0) is 4.79 Å². The third kappa shape index (κ3) is 2.77. The number of rotatable bonds is 3. The van der Waals surface area contributed by atoms with Crippen LogP contribution in [0, 0.1) is 0 Å². The molecule has 1 fully saturated rings. The van der Waals surface area contributed by atoms with Crippen LogP contribution >= 0.6 is 0 Å². The first kappa shape index (κ1) is 12.4. The van der Waals surface area contributed by atoms with Crippen LogP contribution in [0.2, 0.25) is 0 Å². The normalized spacial score (nSPS) is 14.3. The van der Waals surface area contributed by atoms with Crippen LogP contribution in [0.3, 0.4) is 0 Å². The van der Waals surface area contributed by atoms with Gasteiger partial charge in [-0.25, -0.2) is 0 Å². The van der Waals surface area contributed by atoms with Gasteiger partial charge in [0.15, 0.2) is 0 Å². The summed E-state index contributed by atoms with van der Waals surface area (Å²) < 4.78 is 0. The van der Waals surface area contributed by atoms with Crippen molar-refractivity contribution in [1.29, 1.82) is 0 Å². The molecular formula is C14H16N2O2. The van der Waals surface area contributed by atoms with E-state index < -0.39 is 0 Å². The maximum Gasteiger partial charge on any atom is 0.253 e. The predicted molar refractivity (Wildman–Crippen MR) is 70.4 cm³/mol. The smallest absolute Gasteiger partial charge is 0.253 e. The maximum atomic E-state index is 12.1. The van der Waals surface area contributed by atoms with Crippen molar-refractivity contribution < 1.29 is 9.59 Å². The van der Waals surface area contributed by atoms with Crippen molar-refractivity contribution in [3.05, 3.63) is 42.5 Å². The number of hydrogen-bond acceptors (Lipinski definition) is 2. The fourth-order valence-electron chi connectivity index (χ4n) is 1.99. The number of carbonyl (C=O) groups is 2. The summed E-state index contributed by atoms with van der Waals surface area (Å²) >= 11 is 0. The van der Waals surface area contributed by atoms with Gasteiger partial charge in [0.2, 0.25) is 5.91 Å². The van der Waals surface area contributed by atoms with Crippen LogP contribution in [0.1, 0.15) is 23.2 Å². The van der Waals surface area contributed by atoms with Crippen molar-refractivity contribution >= 4 is 17.5 Å². The third-order valence-electron chi connectivity index (χ3n) is 2.98. The maximum absolute atomic E-state index is 12.1. The lowest BCUT2D eigenvalue weighted by atomic mass is 10.2. The molecule has 0 unspecified atom stereocenters. The lowest BCUT2D eigenvalue weighted by Crippen LogP contribution is -2.27. The Balaban J connectivity index is 2.04. The summed E-state index contributed by atoms with van der Waals surface area (Å²) in [5.41, 5.74) is 1.33. The van der Waals surface area contributed by atoms with Crippen LogP contribution in [0.5, 0.6) is 0 Å². The Morgan fingerprint density at radius 2 is 1.78 bits per heavy atom. The zero-order chi connectivity index (χ0) is 13.0. The number of amides is 2. The molecule has 1 saturated heterocycles. The van der Waals surface area contributed by atoms with Crippen LogP contribution in [0.15, 0.2) is 36.9 Å². The van der Waals surface area contributed by atoms with Gasteiger partial charge in [0.05, 0.1) is 0 Å². The van der Waals surface area contributed by atoms with Crippen molar-refractivity contribution in [3.63, 3.8) is 0 Å². The Morgan fingerprint density at radius 3 is 2.33 bits per heavy atom. The zero-order valence-electron chi connectivity index (χ0n) is 10.2. The SMILES string of the molecule is C=CC(=O)Nc1ccc(C(=O)N2CCCC2)cc1. The Morgan fingerprint density at radius 1 is 1.17 bits per heavy atom. The standard InChI is InChI=1S/C14H16N2O2/c1-2-13(17)15-12-7-5-11(6-8-12)14(18)16-9-3-4-10-16/h2,5-8H,1,3-4,9-10H2,(H,15,17). The Hall–Kier alpha value is -2.10. The fourth-order valence-corrected chi connectivity index (χ4v) is 1.99. The average molecular weight is 244 g/mol. The monoisotopic (exact) mass is 244 g/mol. The molecule has 1 aliphatic rings. The molecule has 1 N–H and O–H groups in total. The summed E-state index contributed by atoms with van der Waals surface area (Å²) in [4.78, 5) is 25.0. The van der Waals surface area contributed by atoms with Crippen molar-refractivity contribution in [2.45, 2.75) is 12.8 Å². The molecule has 1 aromatic rings. The van der Waals surface area contributed by atoms with Crippen molar-refractivity contribution in [2.24, 2.45) is 0 Å². The molecule has 2 amide bonds. The quantitative estimate of drug-likeness (QED) is 0.827. The lowest BCUT2D eigenvalue weighted by Gasteiger charge is -2.15. The van der Waals surface area contributed by atoms with E-state index in [1.165, 1.54) is 6.08 Å². The van der Waals surface area contributed by atoms with E-state index in [1.807, 2.05) is 4.90 Å². The molecule has 0 spiro atoms. The molecule has 4 heteroatoms. The van der Waals surface area contributed by atoms with Crippen LogP contribution in [0.4, 0.5) is 5.69 Å². The summed E-state index contributed by atoms with van der Waals surface area (Å²) in [5.74, 6) is -0.192. The Bertz CT molecular complexity index is 459. The van der Waals surface area contributed by atoms with E-state index in [9.17, 15) is 9.59 Å². The van der Waals surface area contributed by atoms with E-state index in [2.05, 4.69) is 11.9 Å². The molecule has 4 nitrogen and oxygen atoms in total. The molecule has 1 aliphatic heterocycles. The van der Waals surface area contributed by atoms with Gasteiger partial charge in [0.1, 0.15) is 0 Å². The Labute approximate surface area is 106 Å². The van der Waals surface area contributed by atoms with Crippen molar-refractivity contribution in [2.75, 3.05) is 18.4 Å². The summed E-state index contributed by atoms with van der Waals surface area (Å²) in [6.07, 6.45) is 3.38. The molecule has 0 aromatic heterocycles. The van der Waals surface area contributed by atoms with Gasteiger partial charge < -0.3 is 10.2 Å². The second kappa shape index (κ2) is 5.49. The second-order valence-corrected chi connectivity index (χ2v) is 4.27. The lowest BCUT2D eigenvalue weighted by molar-refractivity contribution is -0.111. The molecule has 0 radical (unpaired) electrons. The number of nitrogens with one attached hydrogen (secondary N) is 1. The number of anilines is 1. The van der Waals surface area contributed by atoms with E-state index >= 15 is 0 Å². The molecule has 94 valence electrons. The molecule has 0 aliphatic carbocycles. The molecule has 2 rings (SSSR count). The van der Waals surface area contributed by atoms with Gasteiger partial charge in [-0.05, 0) is 43.2 Å². The minimum absolute atomic E-state index is 0.0640. The minimum Gasteiger partial charge on any atom is -0.339 e. The van der Waals surface area contributed by atoms with E-state index in [0.29, 0.717) is 11.3 Å². The van der Waals surface area contributed by atoms with Crippen LogP contribution in [-0.4, -0.2) is 29.8 Å². The largest absolute Gasteiger partial charge is 0.339 e. The molecular weight excluding hydrogens is 228 g/mol.